The Bertz CT molecular complexity index is 591. The van der Waals surface area contributed by atoms with Gasteiger partial charge in [-0.15, -0.1) is 0 Å². The summed E-state index contributed by atoms with van der Waals surface area (Å²) in [6.45, 7) is 4.61. The molecule has 0 aromatic heterocycles. The maximum Gasteiger partial charge on any atom is 0.224 e. The van der Waals surface area contributed by atoms with Gasteiger partial charge in [-0.3, -0.25) is 9.59 Å². The summed E-state index contributed by atoms with van der Waals surface area (Å²) in [6.07, 6.45) is 4.67. The van der Waals surface area contributed by atoms with E-state index < -0.39 is 0 Å². The van der Waals surface area contributed by atoms with Crippen LogP contribution in [0.5, 0.6) is 0 Å². The van der Waals surface area contributed by atoms with Gasteiger partial charge in [0.25, 0.3) is 0 Å². The third kappa shape index (κ3) is 3.96. The molecule has 1 heterocycles. The molecule has 0 bridgehead atoms. The highest BCUT2D eigenvalue weighted by Gasteiger charge is 2.57. The van der Waals surface area contributed by atoms with E-state index >= 15 is 0 Å². The molecule has 2 aliphatic rings. The summed E-state index contributed by atoms with van der Waals surface area (Å²) < 4.78 is 0. The molecule has 1 saturated heterocycles. The van der Waals surface area contributed by atoms with Gasteiger partial charge in [-0.05, 0) is 61.9 Å². The van der Waals surface area contributed by atoms with E-state index in [9.17, 15) is 9.59 Å². The number of benzene rings is 1. The number of anilines is 1. The maximum atomic E-state index is 12.3. The lowest BCUT2D eigenvalue weighted by atomic mass is 9.92. The van der Waals surface area contributed by atoms with Crippen molar-refractivity contribution in [1.82, 2.24) is 10.6 Å². The molecule has 1 saturated carbocycles. The van der Waals surface area contributed by atoms with Crippen molar-refractivity contribution in [2.45, 2.75) is 45.6 Å². The molecule has 1 spiro atoms. The van der Waals surface area contributed by atoms with Gasteiger partial charge in [0, 0.05) is 24.6 Å². The van der Waals surface area contributed by atoms with E-state index in [1.807, 2.05) is 31.2 Å². The van der Waals surface area contributed by atoms with E-state index in [2.05, 4.69) is 16.0 Å². The first kappa shape index (κ1) is 17.0. The van der Waals surface area contributed by atoms with Crippen LogP contribution in [0.25, 0.3) is 0 Å². The zero-order valence-corrected chi connectivity index (χ0v) is 14.4. The van der Waals surface area contributed by atoms with Crippen LogP contribution in [0.15, 0.2) is 24.3 Å². The lowest BCUT2D eigenvalue weighted by Crippen LogP contribution is -2.33. The molecule has 1 atom stereocenters. The van der Waals surface area contributed by atoms with E-state index in [4.69, 9.17) is 0 Å². The number of carbonyl (C=O) groups excluding carboxylic acids is 2. The fourth-order valence-corrected chi connectivity index (χ4v) is 3.66. The van der Waals surface area contributed by atoms with Crippen LogP contribution >= 0.6 is 0 Å². The van der Waals surface area contributed by atoms with E-state index in [1.54, 1.807) is 0 Å². The lowest BCUT2D eigenvalue weighted by molar-refractivity contribution is -0.123. The molecule has 1 unspecified atom stereocenters. The minimum absolute atomic E-state index is 0.0413. The van der Waals surface area contributed by atoms with Gasteiger partial charge >= 0.3 is 0 Å². The SMILES string of the molecule is CCCC(=O)Nc1ccc(CNC(=O)C2CC23CCNCC3)cc1. The van der Waals surface area contributed by atoms with Crippen molar-refractivity contribution in [1.29, 1.82) is 0 Å². The first-order valence-electron chi connectivity index (χ1n) is 9.00. The van der Waals surface area contributed by atoms with Crippen molar-refractivity contribution in [3.05, 3.63) is 29.8 Å². The maximum absolute atomic E-state index is 12.3. The number of piperidine rings is 1. The molecule has 1 aromatic rings. The third-order valence-electron chi connectivity index (χ3n) is 5.29. The second-order valence-electron chi connectivity index (χ2n) is 7.08. The van der Waals surface area contributed by atoms with Crippen LogP contribution in [0.3, 0.4) is 0 Å². The number of amides is 2. The van der Waals surface area contributed by atoms with Crippen LogP contribution < -0.4 is 16.0 Å². The Morgan fingerprint density at radius 3 is 2.58 bits per heavy atom. The minimum atomic E-state index is 0.0413. The zero-order valence-electron chi connectivity index (χ0n) is 14.4. The van der Waals surface area contributed by atoms with Crippen LogP contribution in [0.4, 0.5) is 5.69 Å². The predicted molar refractivity (Wildman–Crippen MR) is 94.5 cm³/mol. The monoisotopic (exact) mass is 329 g/mol. The highest BCUT2D eigenvalue weighted by molar-refractivity contribution is 5.90. The van der Waals surface area contributed by atoms with Crippen LogP contribution in [0.1, 0.15) is 44.6 Å². The molecule has 5 heteroatoms. The van der Waals surface area contributed by atoms with Crippen molar-refractivity contribution >= 4 is 17.5 Å². The molecule has 24 heavy (non-hydrogen) atoms. The van der Waals surface area contributed by atoms with E-state index in [-0.39, 0.29) is 23.1 Å². The zero-order chi connectivity index (χ0) is 17.0. The Balaban J connectivity index is 1.45. The largest absolute Gasteiger partial charge is 0.352 e. The smallest absolute Gasteiger partial charge is 0.224 e. The van der Waals surface area contributed by atoms with Crippen molar-refractivity contribution in [3.63, 3.8) is 0 Å². The molecule has 1 aromatic carbocycles. The summed E-state index contributed by atoms with van der Waals surface area (Å²) >= 11 is 0. The third-order valence-corrected chi connectivity index (χ3v) is 5.29. The van der Waals surface area contributed by atoms with Crippen molar-refractivity contribution in [2.75, 3.05) is 18.4 Å². The Morgan fingerprint density at radius 1 is 1.21 bits per heavy atom. The van der Waals surface area contributed by atoms with Crippen LogP contribution in [-0.2, 0) is 16.1 Å². The van der Waals surface area contributed by atoms with Gasteiger partial charge < -0.3 is 16.0 Å². The predicted octanol–water partition coefficient (Wildman–Crippen LogP) is 2.43. The van der Waals surface area contributed by atoms with Crippen LogP contribution in [0.2, 0.25) is 0 Å². The van der Waals surface area contributed by atoms with Crippen molar-refractivity contribution in [3.8, 4) is 0 Å². The quantitative estimate of drug-likeness (QED) is 0.751. The molecule has 2 fully saturated rings. The summed E-state index contributed by atoms with van der Waals surface area (Å²) in [5, 5.41) is 9.30. The number of hydrogen-bond donors (Lipinski definition) is 3. The summed E-state index contributed by atoms with van der Waals surface area (Å²) in [6, 6.07) is 7.69. The first-order chi connectivity index (χ1) is 11.6. The van der Waals surface area contributed by atoms with Crippen molar-refractivity contribution < 1.29 is 9.59 Å². The van der Waals surface area contributed by atoms with Gasteiger partial charge in [0.15, 0.2) is 0 Å². The number of carbonyl (C=O) groups is 2. The highest BCUT2D eigenvalue weighted by atomic mass is 16.2. The van der Waals surface area contributed by atoms with Gasteiger partial charge in [0.1, 0.15) is 0 Å². The molecule has 1 aliphatic carbocycles. The topological polar surface area (TPSA) is 70.2 Å². The van der Waals surface area contributed by atoms with E-state index in [1.165, 1.54) is 0 Å². The van der Waals surface area contributed by atoms with Gasteiger partial charge in [0.2, 0.25) is 11.8 Å². The second kappa shape index (κ2) is 7.34. The average molecular weight is 329 g/mol. The normalized spacial score (nSPS) is 21.3. The molecule has 5 nitrogen and oxygen atoms in total. The minimum Gasteiger partial charge on any atom is -0.352 e. The lowest BCUT2D eigenvalue weighted by Gasteiger charge is -2.23. The Labute approximate surface area is 143 Å². The summed E-state index contributed by atoms with van der Waals surface area (Å²) in [5.41, 5.74) is 2.14. The molecule has 3 rings (SSSR count). The fourth-order valence-electron chi connectivity index (χ4n) is 3.66. The summed E-state index contributed by atoms with van der Waals surface area (Å²) in [5.74, 6) is 0.434. The summed E-state index contributed by atoms with van der Waals surface area (Å²) in [7, 11) is 0. The van der Waals surface area contributed by atoms with Gasteiger partial charge in [0.05, 0.1) is 0 Å². The number of hydrogen-bond acceptors (Lipinski definition) is 3. The number of rotatable bonds is 6. The van der Waals surface area contributed by atoms with E-state index in [0.29, 0.717) is 13.0 Å². The first-order valence-corrected chi connectivity index (χ1v) is 9.00. The second-order valence-corrected chi connectivity index (χ2v) is 7.08. The summed E-state index contributed by atoms with van der Waals surface area (Å²) in [4.78, 5) is 23.9. The standard InChI is InChI=1S/C19H27N3O2/c1-2-3-17(23)22-15-6-4-14(5-7-15)13-21-18(24)16-12-19(16)8-10-20-11-9-19/h4-7,16,20H,2-3,8-13H2,1H3,(H,21,24)(H,22,23). The Hall–Kier alpha value is -1.88. The molecule has 3 N–H and O–H groups in total. The molecular formula is C19H27N3O2. The van der Waals surface area contributed by atoms with Crippen LogP contribution in [0, 0.1) is 11.3 Å². The van der Waals surface area contributed by atoms with Gasteiger partial charge in [-0.2, -0.15) is 0 Å². The van der Waals surface area contributed by atoms with Crippen molar-refractivity contribution in [2.24, 2.45) is 11.3 Å². The number of nitrogens with one attached hydrogen (secondary N) is 3. The highest BCUT2D eigenvalue weighted by Crippen LogP contribution is 2.58. The fraction of sp³-hybridized carbons (Fsp3) is 0.579. The average Bonchev–Trinajstić information content (AvgIpc) is 3.28. The molecular weight excluding hydrogens is 302 g/mol. The Kier molecular flexibility index (Phi) is 5.19. The molecule has 2 amide bonds. The van der Waals surface area contributed by atoms with Crippen LogP contribution in [-0.4, -0.2) is 24.9 Å². The van der Waals surface area contributed by atoms with E-state index in [0.717, 1.165) is 50.0 Å². The molecule has 130 valence electrons. The molecule has 0 radical (unpaired) electrons. The van der Waals surface area contributed by atoms with Gasteiger partial charge in [-0.1, -0.05) is 19.1 Å². The molecule has 1 aliphatic heterocycles. The Morgan fingerprint density at radius 2 is 1.92 bits per heavy atom. The van der Waals surface area contributed by atoms with Gasteiger partial charge in [-0.25, -0.2) is 0 Å².